The first kappa shape index (κ1) is 25.3. The molecule has 1 amide bonds. The zero-order chi connectivity index (χ0) is 24.7. The Morgan fingerprint density at radius 3 is 2.32 bits per heavy atom. The van der Waals surface area contributed by atoms with Crippen molar-refractivity contribution >= 4 is 43.8 Å². The molecule has 0 aromatic heterocycles. The molecule has 0 aliphatic rings. The molecule has 8 nitrogen and oxygen atoms in total. The normalized spacial score (nSPS) is 12.2. The number of carbonyl (C=O) groups excluding carboxylic acids is 1. The number of rotatable bonds is 9. The van der Waals surface area contributed by atoms with Crippen LogP contribution in [0.15, 0.2) is 82.4 Å². The van der Waals surface area contributed by atoms with Crippen LogP contribution >= 0.6 is 15.9 Å². The van der Waals surface area contributed by atoms with Gasteiger partial charge in [-0.05, 0) is 61.5 Å². The number of sulfonamides is 1. The Morgan fingerprint density at radius 1 is 1.06 bits per heavy atom. The van der Waals surface area contributed by atoms with E-state index in [4.69, 9.17) is 9.47 Å². The largest absolute Gasteiger partial charge is 0.496 e. The third-order valence-electron chi connectivity index (χ3n) is 4.73. The highest BCUT2D eigenvalue weighted by Crippen LogP contribution is 2.27. The molecule has 10 heteroatoms. The molecule has 0 saturated heterocycles. The van der Waals surface area contributed by atoms with Crippen molar-refractivity contribution in [2.45, 2.75) is 13.0 Å². The third kappa shape index (κ3) is 6.58. The lowest BCUT2D eigenvalue weighted by molar-refractivity contribution is -0.121. The number of hydrogen-bond acceptors (Lipinski definition) is 6. The van der Waals surface area contributed by atoms with Crippen LogP contribution < -0.4 is 19.2 Å². The van der Waals surface area contributed by atoms with Gasteiger partial charge in [0.1, 0.15) is 23.3 Å². The number of nitrogens with zero attached hydrogens (tertiary/aromatic N) is 2. The summed E-state index contributed by atoms with van der Waals surface area (Å²) in [5.41, 5.74) is 3.36. The van der Waals surface area contributed by atoms with E-state index in [0.717, 1.165) is 15.0 Å². The number of anilines is 1. The lowest BCUT2D eigenvalue weighted by Gasteiger charge is -2.27. The topological polar surface area (TPSA) is 97.3 Å². The molecule has 0 unspecified atom stereocenters. The Kier molecular flexibility index (Phi) is 8.30. The molecule has 1 N–H and O–H groups in total. The summed E-state index contributed by atoms with van der Waals surface area (Å²) in [6.45, 7) is 1.49. The fourth-order valence-corrected chi connectivity index (χ4v) is 4.71. The molecule has 0 spiro atoms. The van der Waals surface area contributed by atoms with Gasteiger partial charge in [0.2, 0.25) is 10.0 Å². The third-order valence-corrected chi connectivity index (χ3v) is 6.46. The van der Waals surface area contributed by atoms with E-state index < -0.39 is 22.0 Å². The van der Waals surface area contributed by atoms with Gasteiger partial charge in [-0.3, -0.25) is 9.10 Å². The molecular weight excluding hydrogens is 522 g/mol. The minimum absolute atomic E-state index is 0.322. The Morgan fingerprint density at radius 2 is 1.71 bits per heavy atom. The summed E-state index contributed by atoms with van der Waals surface area (Å²) in [6.07, 6.45) is 2.47. The molecule has 0 saturated carbocycles. The monoisotopic (exact) mass is 545 g/mol. The van der Waals surface area contributed by atoms with Crippen LogP contribution in [0.3, 0.4) is 0 Å². The summed E-state index contributed by atoms with van der Waals surface area (Å²) in [7, 11) is -2.24. The van der Waals surface area contributed by atoms with Crippen molar-refractivity contribution in [2.24, 2.45) is 5.10 Å². The first-order valence-electron chi connectivity index (χ1n) is 10.2. The van der Waals surface area contributed by atoms with E-state index in [2.05, 4.69) is 26.5 Å². The summed E-state index contributed by atoms with van der Waals surface area (Å²) in [5.74, 6) is 1.17. The Hall–Kier alpha value is -3.37. The van der Waals surface area contributed by atoms with Gasteiger partial charge in [0.25, 0.3) is 5.91 Å². The molecule has 0 radical (unpaired) electrons. The molecular formula is C24H24BrN3O5S. The van der Waals surface area contributed by atoms with Gasteiger partial charge in [-0.1, -0.05) is 34.1 Å². The van der Waals surface area contributed by atoms with Crippen molar-refractivity contribution in [1.29, 1.82) is 0 Å². The predicted molar refractivity (Wildman–Crippen MR) is 136 cm³/mol. The molecule has 0 heterocycles. The highest BCUT2D eigenvalue weighted by Gasteiger charge is 2.29. The zero-order valence-corrected chi connectivity index (χ0v) is 21.2. The van der Waals surface area contributed by atoms with Crippen LogP contribution in [0.2, 0.25) is 0 Å². The molecule has 3 aromatic carbocycles. The summed E-state index contributed by atoms with van der Waals surface area (Å²) >= 11 is 3.37. The van der Waals surface area contributed by atoms with Crippen molar-refractivity contribution < 1.29 is 22.7 Å². The molecule has 0 aliphatic carbocycles. The van der Waals surface area contributed by atoms with Crippen LogP contribution in [0.5, 0.6) is 17.2 Å². The fraction of sp³-hybridized carbons (Fsp3) is 0.167. The number of methoxy groups -OCH3 is 1. The Balaban J connectivity index is 1.75. The maximum absolute atomic E-state index is 12.7. The van der Waals surface area contributed by atoms with E-state index in [1.165, 1.54) is 20.2 Å². The summed E-state index contributed by atoms with van der Waals surface area (Å²) in [5, 5.41) is 3.96. The number of para-hydroxylation sites is 1. The fourth-order valence-electron chi connectivity index (χ4n) is 3.16. The van der Waals surface area contributed by atoms with E-state index in [0.29, 0.717) is 28.5 Å². The maximum Gasteiger partial charge on any atom is 0.263 e. The first-order valence-corrected chi connectivity index (χ1v) is 12.8. The number of amides is 1. The van der Waals surface area contributed by atoms with Gasteiger partial charge in [0, 0.05) is 10.0 Å². The molecule has 34 heavy (non-hydrogen) atoms. The molecule has 0 fully saturated rings. The number of hydrazone groups is 1. The number of carbonyl (C=O) groups is 1. The number of ether oxygens (including phenoxy) is 2. The molecule has 178 valence electrons. The van der Waals surface area contributed by atoms with Crippen LogP contribution in [-0.2, 0) is 14.8 Å². The quantitative estimate of drug-likeness (QED) is 0.314. The minimum atomic E-state index is -3.77. The van der Waals surface area contributed by atoms with Gasteiger partial charge in [-0.15, -0.1) is 0 Å². The van der Waals surface area contributed by atoms with Crippen LogP contribution in [0.4, 0.5) is 5.69 Å². The van der Waals surface area contributed by atoms with Gasteiger partial charge in [-0.25, -0.2) is 13.8 Å². The van der Waals surface area contributed by atoms with Crippen LogP contribution in [0, 0.1) is 0 Å². The SMILES string of the molecule is COc1ccc(Br)cc1/C=N\NC(=O)[C@H](C)N(c1ccc(Oc2ccccc2)cc1)S(C)(=O)=O. The van der Waals surface area contributed by atoms with Crippen molar-refractivity contribution in [1.82, 2.24) is 5.43 Å². The van der Waals surface area contributed by atoms with Gasteiger partial charge >= 0.3 is 0 Å². The van der Waals surface area contributed by atoms with Crippen molar-refractivity contribution in [2.75, 3.05) is 17.7 Å². The molecule has 1 atom stereocenters. The number of nitrogens with one attached hydrogen (secondary N) is 1. The van der Waals surface area contributed by atoms with Crippen LogP contribution in [0.1, 0.15) is 12.5 Å². The Labute approximate surface area is 207 Å². The first-order chi connectivity index (χ1) is 16.2. The summed E-state index contributed by atoms with van der Waals surface area (Å²) in [6, 6.07) is 19.9. The van der Waals surface area contributed by atoms with Crippen LogP contribution in [-0.4, -0.2) is 39.9 Å². The van der Waals surface area contributed by atoms with Gasteiger partial charge in [0.15, 0.2) is 0 Å². The number of hydrogen-bond donors (Lipinski definition) is 1. The summed E-state index contributed by atoms with van der Waals surface area (Å²) in [4.78, 5) is 12.7. The lowest BCUT2D eigenvalue weighted by Crippen LogP contribution is -2.46. The second kappa shape index (κ2) is 11.2. The van der Waals surface area contributed by atoms with Crippen LogP contribution in [0.25, 0.3) is 0 Å². The van der Waals surface area contributed by atoms with E-state index in [9.17, 15) is 13.2 Å². The standard InChI is InChI=1S/C24H24BrN3O5S/c1-17(24(29)27-26-16-18-15-19(25)9-14-23(18)32-2)28(34(3,30)31)20-10-12-22(13-11-20)33-21-7-5-4-6-8-21/h4-17H,1-3H3,(H,27,29)/b26-16-/t17-/m0/s1. The number of halogens is 1. The van der Waals surface area contributed by atoms with E-state index in [-0.39, 0.29) is 0 Å². The van der Waals surface area contributed by atoms with Crippen molar-refractivity contribution in [3.05, 3.63) is 82.8 Å². The summed E-state index contributed by atoms with van der Waals surface area (Å²) < 4.78 is 37.9. The average Bonchev–Trinajstić information content (AvgIpc) is 2.80. The van der Waals surface area contributed by atoms with Gasteiger partial charge in [-0.2, -0.15) is 5.10 Å². The molecule has 3 aromatic rings. The number of benzene rings is 3. The lowest BCUT2D eigenvalue weighted by atomic mass is 10.2. The van der Waals surface area contributed by atoms with E-state index >= 15 is 0 Å². The molecule has 0 aliphatic heterocycles. The molecule has 3 rings (SSSR count). The highest BCUT2D eigenvalue weighted by atomic mass is 79.9. The second-order valence-electron chi connectivity index (χ2n) is 7.26. The average molecular weight is 546 g/mol. The predicted octanol–water partition coefficient (Wildman–Crippen LogP) is 4.55. The molecule has 0 bridgehead atoms. The minimum Gasteiger partial charge on any atom is -0.496 e. The van der Waals surface area contributed by atoms with E-state index in [1.807, 2.05) is 36.4 Å². The Bertz CT molecular complexity index is 1270. The second-order valence-corrected chi connectivity index (χ2v) is 10.0. The highest BCUT2D eigenvalue weighted by molar-refractivity contribution is 9.10. The van der Waals surface area contributed by atoms with Gasteiger partial charge < -0.3 is 9.47 Å². The van der Waals surface area contributed by atoms with Gasteiger partial charge in [0.05, 0.1) is 25.3 Å². The van der Waals surface area contributed by atoms with E-state index in [1.54, 1.807) is 36.4 Å². The maximum atomic E-state index is 12.7. The van der Waals surface area contributed by atoms with Crippen molar-refractivity contribution in [3.63, 3.8) is 0 Å². The zero-order valence-electron chi connectivity index (χ0n) is 18.8. The van der Waals surface area contributed by atoms with Crippen molar-refractivity contribution in [3.8, 4) is 17.2 Å². The smallest absolute Gasteiger partial charge is 0.263 e.